The zero-order chi connectivity index (χ0) is 18.4. The van der Waals surface area contributed by atoms with E-state index in [1.807, 2.05) is 36.4 Å². The van der Waals surface area contributed by atoms with Crippen LogP contribution in [0.15, 0.2) is 53.7 Å². The van der Waals surface area contributed by atoms with Crippen LogP contribution in [0.4, 0.5) is 0 Å². The fourth-order valence-corrected chi connectivity index (χ4v) is 3.52. The molecule has 0 saturated heterocycles. The molecule has 0 unspecified atom stereocenters. The molecule has 3 aromatic rings. The van der Waals surface area contributed by atoms with Crippen molar-refractivity contribution in [1.82, 2.24) is 15.3 Å². The minimum Gasteiger partial charge on any atom is -0.497 e. The third-order valence-corrected chi connectivity index (χ3v) is 5.00. The van der Waals surface area contributed by atoms with Gasteiger partial charge in [0, 0.05) is 6.07 Å². The van der Waals surface area contributed by atoms with Gasteiger partial charge in [0.25, 0.3) is 0 Å². The highest BCUT2D eigenvalue weighted by Gasteiger charge is 2.14. The van der Waals surface area contributed by atoms with Crippen molar-refractivity contribution in [3.05, 3.63) is 54.1 Å². The van der Waals surface area contributed by atoms with Crippen molar-refractivity contribution in [3.8, 4) is 5.75 Å². The SMILES string of the molecule is CCC[C@@H](NC(=O)CSc1nc2ccc(OC)cc2[nH]1)c1ccccc1. The van der Waals surface area contributed by atoms with Crippen LogP contribution in [0.2, 0.25) is 0 Å². The molecule has 0 spiro atoms. The number of aromatic amines is 1. The summed E-state index contributed by atoms with van der Waals surface area (Å²) in [7, 11) is 1.64. The molecule has 0 fully saturated rings. The van der Waals surface area contributed by atoms with Crippen LogP contribution in [0.3, 0.4) is 0 Å². The molecule has 0 aliphatic carbocycles. The first-order valence-electron chi connectivity index (χ1n) is 8.70. The Morgan fingerprint density at radius 2 is 2.08 bits per heavy atom. The van der Waals surface area contributed by atoms with Crippen LogP contribution in [0, 0.1) is 0 Å². The summed E-state index contributed by atoms with van der Waals surface area (Å²) in [5.74, 6) is 1.11. The first-order chi connectivity index (χ1) is 12.7. The van der Waals surface area contributed by atoms with Crippen molar-refractivity contribution >= 4 is 28.7 Å². The van der Waals surface area contributed by atoms with Gasteiger partial charge in [0.2, 0.25) is 5.91 Å². The van der Waals surface area contributed by atoms with Crippen molar-refractivity contribution < 1.29 is 9.53 Å². The topological polar surface area (TPSA) is 67.0 Å². The van der Waals surface area contributed by atoms with E-state index in [9.17, 15) is 4.79 Å². The molecule has 0 bridgehead atoms. The number of nitrogens with one attached hydrogen (secondary N) is 2. The van der Waals surface area contributed by atoms with Gasteiger partial charge in [0.1, 0.15) is 5.75 Å². The predicted molar refractivity (Wildman–Crippen MR) is 106 cm³/mol. The van der Waals surface area contributed by atoms with Gasteiger partial charge < -0.3 is 15.0 Å². The third kappa shape index (κ3) is 4.58. The number of benzene rings is 2. The van der Waals surface area contributed by atoms with Crippen molar-refractivity contribution in [2.75, 3.05) is 12.9 Å². The Kier molecular flexibility index (Phi) is 6.17. The fraction of sp³-hybridized carbons (Fsp3) is 0.300. The predicted octanol–water partition coefficient (Wildman–Crippen LogP) is 4.32. The van der Waals surface area contributed by atoms with Gasteiger partial charge in [-0.15, -0.1) is 0 Å². The number of thioether (sulfide) groups is 1. The lowest BCUT2D eigenvalue weighted by molar-refractivity contribution is -0.119. The lowest BCUT2D eigenvalue weighted by Crippen LogP contribution is -2.29. The maximum Gasteiger partial charge on any atom is 0.230 e. The lowest BCUT2D eigenvalue weighted by atomic mass is 10.0. The summed E-state index contributed by atoms with van der Waals surface area (Å²) in [4.78, 5) is 20.1. The number of aromatic nitrogens is 2. The van der Waals surface area contributed by atoms with Crippen molar-refractivity contribution in [2.45, 2.75) is 31.0 Å². The normalized spacial score (nSPS) is 12.1. The maximum absolute atomic E-state index is 12.4. The molecule has 26 heavy (non-hydrogen) atoms. The average Bonchev–Trinajstić information content (AvgIpc) is 3.08. The van der Waals surface area contributed by atoms with E-state index in [0.29, 0.717) is 5.75 Å². The van der Waals surface area contributed by atoms with E-state index < -0.39 is 0 Å². The number of imidazole rings is 1. The lowest BCUT2D eigenvalue weighted by Gasteiger charge is -2.18. The number of H-pyrrole nitrogens is 1. The summed E-state index contributed by atoms with van der Waals surface area (Å²) in [5.41, 5.74) is 2.91. The number of carbonyl (C=O) groups excluding carboxylic acids is 1. The number of rotatable bonds is 8. The Morgan fingerprint density at radius 3 is 2.81 bits per heavy atom. The summed E-state index contributed by atoms with van der Waals surface area (Å²) in [5, 5.41) is 3.87. The van der Waals surface area contributed by atoms with E-state index in [4.69, 9.17) is 4.74 Å². The zero-order valence-corrected chi connectivity index (χ0v) is 15.8. The van der Waals surface area contributed by atoms with Gasteiger partial charge in [-0.05, 0) is 24.1 Å². The number of fused-ring (bicyclic) bond motifs is 1. The maximum atomic E-state index is 12.4. The van der Waals surface area contributed by atoms with Crippen molar-refractivity contribution in [2.24, 2.45) is 0 Å². The van der Waals surface area contributed by atoms with Gasteiger partial charge in [-0.25, -0.2) is 4.98 Å². The highest BCUT2D eigenvalue weighted by atomic mass is 32.2. The van der Waals surface area contributed by atoms with Crippen molar-refractivity contribution in [1.29, 1.82) is 0 Å². The summed E-state index contributed by atoms with van der Waals surface area (Å²) >= 11 is 1.40. The van der Waals surface area contributed by atoms with Crippen LogP contribution >= 0.6 is 11.8 Å². The molecule has 1 aromatic heterocycles. The molecular weight excluding hydrogens is 346 g/mol. The van der Waals surface area contributed by atoms with Crippen LogP contribution < -0.4 is 10.1 Å². The Hall–Kier alpha value is -2.47. The number of nitrogens with zero attached hydrogens (tertiary/aromatic N) is 1. The number of carbonyl (C=O) groups is 1. The Morgan fingerprint density at radius 1 is 1.27 bits per heavy atom. The molecule has 136 valence electrons. The van der Waals surface area contributed by atoms with E-state index in [1.165, 1.54) is 11.8 Å². The summed E-state index contributed by atoms with van der Waals surface area (Å²) in [6.45, 7) is 2.12. The van der Waals surface area contributed by atoms with E-state index in [0.717, 1.165) is 40.3 Å². The summed E-state index contributed by atoms with van der Waals surface area (Å²) in [6, 6.07) is 15.8. The Balaban J connectivity index is 1.61. The minimum absolute atomic E-state index is 0.00957. The molecular formula is C20H23N3O2S. The van der Waals surface area contributed by atoms with Gasteiger partial charge in [0.05, 0.1) is 29.9 Å². The number of methoxy groups -OCH3 is 1. The smallest absolute Gasteiger partial charge is 0.230 e. The van der Waals surface area contributed by atoms with Gasteiger partial charge in [0.15, 0.2) is 5.16 Å². The van der Waals surface area contributed by atoms with E-state index in [1.54, 1.807) is 7.11 Å². The van der Waals surface area contributed by atoms with Gasteiger partial charge >= 0.3 is 0 Å². The van der Waals surface area contributed by atoms with Gasteiger partial charge in [-0.1, -0.05) is 55.4 Å². The van der Waals surface area contributed by atoms with E-state index >= 15 is 0 Å². The van der Waals surface area contributed by atoms with E-state index in [-0.39, 0.29) is 11.9 Å². The third-order valence-electron chi connectivity index (χ3n) is 4.12. The largest absolute Gasteiger partial charge is 0.497 e. The first-order valence-corrected chi connectivity index (χ1v) is 9.69. The molecule has 6 heteroatoms. The highest BCUT2D eigenvalue weighted by molar-refractivity contribution is 7.99. The summed E-state index contributed by atoms with van der Waals surface area (Å²) in [6.07, 6.45) is 1.93. The van der Waals surface area contributed by atoms with Crippen LogP contribution in [-0.4, -0.2) is 28.7 Å². The standard InChI is InChI=1S/C20H23N3O2S/c1-3-7-16(14-8-5-4-6-9-14)21-19(24)13-26-20-22-17-11-10-15(25-2)12-18(17)23-20/h4-6,8-12,16H,3,7,13H2,1-2H3,(H,21,24)(H,22,23)/t16-/m1/s1. The second kappa shape index (κ2) is 8.76. The minimum atomic E-state index is 0.00957. The first kappa shape index (κ1) is 18.3. The number of hydrogen-bond acceptors (Lipinski definition) is 4. The fourth-order valence-electron chi connectivity index (χ4n) is 2.83. The molecule has 5 nitrogen and oxygen atoms in total. The molecule has 1 heterocycles. The second-order valence-corrected chi connectivity index (χ2v) is 7.00. The number of hydrogen-bond donors (Lipinski definition) is 2. The molecule has 2 aromatic carbocycles. The zero-order valence-electron chi connectivity index (χ0n) is 15.0. The molecule has 0 aliphatic heterocycles. The second-order valence-electron chi connectivity index (χ2n) is 6.03. The number of amides is 1. The van der Waals surface area contributed by atoms with Gasteiger partial charge in [-0.2, -0.15) is 0 Å². The van der Waals surface area contributed by atoms with Crippen molar-refractivity contribution in [3.63, 3.8) is 0 Å². The monoisotopic (exact) mass is 369 g/mol. The summed E-state index contributed by atoms with van der Waals surface area (Å²) < 4.78 is 5.22. The molecule has 0 saturated carbocycles. The van der Waals surface area contributed by atoms with Crippen LogP contribution in [0.25, 0.3) is 11.0 Å². The Bertz CT molecular complexity index is 864. The Labute approximate surface area is 157 Å². The average molecular weight is 369 g/mol. The van der Waals surface area contributed by atoms with Crippen LogP contribution in [-0.2, 0) is 4.79 Å². The number of ether oxygens (including phenoxy) is 1. The van der Waals surface area contributed by atoms with Crippen LogP contribution in [0.5, 0.6) is 5.75 Å². The van der Waals surface area contributed by atoms with Crippen LogP contribution in [0.1, 0.15) is 31.4 Å². The quantitative estimate of drug-likeness (QED) is 0.580. The molecule has 1 amide bonds. The molecule has 0 radical (unpaired) electrons. The molecule has 0 aliphatic rings. The molecule has 2 N–H and O–H groups in total. The van der Waals surface area contributed by atoms with E-state index in [2.05, 4.69) is 34.3 Å². The highest BCUT2D eigenvalue weighted by Crippen LogP contribution is 2.23. The molecule has 3 rings (SSSR count). The molecule has 1 atom stereocenters. The van der Waals surface area contributed by atoms with Gasteiger partial charge in [-0.3, -0.25) is 4.79 Å².